The highest BCUT2D eigenvalue weighted by molar-refractivity contribution is 5.17. The highest BCUT2D eigenvalue weighted by Gasteiger charge is 1.99. The molecule has 0 fully saturated rings. The maximum atomic E-state index is 2.28. The Hall–Kier alpha value is -0.560. The zero-order chi connectivity index (χ0) is 8.81. The van der Waals surface area contributed by atoms with E-state index in [1.165, 1.54) is 32.2 Å². The molecule has 1 rings (SSSR count). The van der Waals surface area contributed by atoms with Crippen LogP contribution < -0.4 is 0 Å². The summed E-state index contributed by atoms with van der Waals surface area (Å²) < 4.78 is 0. The molecule has 0 bridgehead atoms. The second-order valence-electron chi connectivity index (χ2n) is 3.70. The molecule has 0 aromatic heterocycles. The van der Waals surface area contributed by atoms with E-state index in [2.05, 4.69) is 37.2 Å². The predicted molar refractivity (Wildman–Crippen MR) is 54.2 cm³/mol. The van der Waals surface area contributed by atoms with Gasteiger partial charge in [0.15, 0.2) is 0 Å². The fourth-order valence-electron chi connectivity index (χ4n) is 1.48. The summed E-state index contributed by atoms with van der Waals surface area (Å²) in [5.41, 5.74) is 1.62. The minimum Gasteiger partial charge on any atom is -0.309 e. The van der Waals surface area contributed by atoms with Gasteiger partial charge < -0.3 is 4.90 Å². The maximum Gasteiger partial charge on any atom is -0.00218 e. The third-order valence-electron chi connectivity index (χ3n) is 2.20. The fourth-order valence-corrected chi connectivity index (χ4v) is 1.48. The SMILES string of the molecule is CN(C)CCCC1=CC=CCC1. The molecule has 68 valence electrons. The van der Waals surface area contributed by atoms with Crippen molar-refractivity contribution in [3.63, 3.8) is 0 Å². The van der Waals surface area contributed by atoms with Crippen LogP contribution in [0, 0.1) is 0 Å². The van der Waals surface area contributed by atoms with Gasteiger partial charge in [-0.3, -0.25) is 0 Å². The maximum absolute atomic E-state index is 2.28. The smallest absolute Gasteiger partial charge is 0.00218 e. The van der Waals surface area contributed by atoms with Gasteiger partial charge in [0, 0.05) is 0 Å². The molecule has 0 spiro atoms. The summed E-state index contributed by atoms with van der Waals surface area (Å²) in [5.74, 6) is 0. The summed E-state index contributed by atoms with van der Waals surface area (Å²) in [6.07, 6.45) is 11.8. The molecule has 0 unspecified atom stereocenters. The number of hydrogen-bond acceptors (Lipinski definition) is 1. The largest absolute Gasteiger partial charge is 0.309 e. The molecule has 1 aliphatic carbocycles. The van der Waals surface area contributed by atoms with Gasteiger partial charge in [0.25, 0.3) is 0 Å². The fraction of sp³-hybridized carbons (Fsp3) is 0.636. The van der Waals surface area contributed by atoms with Crippen LogP contribution in [0.15, 0.2) is 23.8 Å². The summed E-state index contributed by atoms with van der Waals surface area (Å²) in [5, 5.41) is 0. The highest BCUT2D eigenvalue weighted by Crippen LogP contribution is 2.16. The van der Waals surface area contributed by atoms with Gasteiger partial charge in [0.1, 0.15) is 0 Å². The lowest BCUT2D eigenvalue weighted by atomic mass is 10.0. The average molecular weight is 165 g/mol. The van der Waals surface area contributed by atoms with Crippen molar-refractivity contribution in [2.24, 2.45) is 0 Å². The molecule has 0 radical (unpaired) electrons. The normalized spacial score (nSPS) is 16.8. The zero-order valence-corrected chi connectivity index (χ0v) is 8.21. The van der Waals surface area contributed by atoms with Crippen LogP contribution in [0.2, 0.25) is 0 Å². The summed E-state index contributed by atoms with van der Waals surface area (Å²) in [7, 11) is 4.27. The number of hydrogen-bond donors (Lipinski definition) is 0. The predicted octanol–water partition coefficient (Wildman–Crippen LogP) is 2.60. The van der Waals surface area contributed by atoms with Crippen LogP contribution in [0.5, 0.6) is 0 Å². The van der Waals surface area contributed by atoms with Gasteiger partial charge in [0.2, 0.25) is 0 Å². The van der Waals surface area contributed by atoms with Crippen molar-refractivity contribution in [3.05, 3.63) is 23.8 Å². The Labute approximate surface area is 75.8 Å². The van der Waals surface area contributed by atoms with Crippen LogP contribution >= 0.6 is 0 Å². The van der Waals surface area contributed by atoms with Crippen molar-refractivity contribution in [1.82, 2.24) is 4.90 Å². The first-order valence-electron chi connectivity index (χ1n) is 4.78. The van der Waals surface area contributed by atoms with Gasteiger partial charge in [-0.25, -0.2) is 0 Å². The van der Waals surface area contributed by atoms with Crippen LogP contribution in [-0.2, 0) is 0 Å². The number of rotatable bonds is 4. The second-order valence-corrected chi connectivity index (χ2v) is 3.70. The second kappa shape index (κ2) is 5.15. The van der Waals surface area contributed by atoms with E-state index < -0.39 is 0 Å². The van der Waals surface area contributed by atoms with Crippen molar-refractivity contribution in [1.29, 1.82) is 0 Å². The van der Waals surface area contributed by atoms with E-state index in [1.54, 1.807) is 5.57 Å². The van der Waals surface area contributed by atoms with E-state index in [-0.39, 0.29) is 0 Å². The van der Waals surface area contributed by atoms with Crippen molar-refractivity contribution in [2.75, 3.05) is 20.6 Å². The Bertz CT molecular complexity index is 177. The first kappa shape index (κ1) is 9.53. The minimum atomic E-state index is 1.21. The molecule has 0 heterocycles. The Kier molecular flexibility index (Phi) is 4.09. The molecule has 0 aliphatic heterocycles. The molecular formula is C11H19N. The first-order chi connectivity index (χ1) is 5.79. The quantitative estimate of drug-likeness (QED) is 0.619. The van der Waals surface area contributed by atoms with Crippen LogP contribution in [0.25, 0.3) is 0 Å². The summed E-state index contributed by atoms with van der Waals surface area (Å²) >= 11 is 0. The molecule has 1 aliphatic rings. The Balaban J connectivity index is 2.14. The number of nitrogens with zero attached hydrogens (tertiary/aromatic N) is 1. The summed E-state index contributed by atoms with van der Waals surface area (Å²) in [6.45, 7) is 1.21. The van der Waals surface area contributed by atoms with Crippen LogP contribution in [0.1, 0.15) is 25.7 Å². The Morgan fingerprint density at radius 1 is 1.42 bits per heavy atom. The van der Waals surface area contributed by atoms with Crippen molar-refractivity contribution in [2.45, 2.75) is 25.7 Å². The van der Waals surface area contributed by atoms with E-state index in [1.807, 2.05) is 0 Å². The molecule has 0 aromatic rings. The van der Waals surface area contributed by atoms with Gasteiger partial charge in [-0.05, 0) is 46.3 Å². The van der Waals surface area contributed by atoms with Gasteiger partial charge in [-0.1, -0.05) is 23.8 Å². The molecule has 0 aromatic carbocycles. The molecule has 1 heteroatoms. The van der Waals surface area contributed by atoms with E-state index in [0.717, 1.165) is 0 Å². The molecule has 0 atom stereocenters. The monoisotopic (exact) mass is 165 g/mol. The first-order valence-corrected chi connectivity index (χ1v) is 4.78. The standard InChI is InChI=1S/C11H19N/c1-12(2)10-6-9-11-7-4-3-5-8-11/h3-4,7H,5-6,8-10H2,1-2H3. The van der Waals surface area contributed by atoms with Gasteiger partial charge in [-0.15, -0.1) is 0 Å². The molecular weight excluding hydrogens is 146 g/mol. The van der Waals surface area contributed by atoms with Crippen LogP contribution in [-0.4, -0.2) is 25.5 Å². The molecule has 0 saturated heterocycles. The lowest BCUT2D eigenvalue weighted by molar-refractivity contribution is 0.399. The van der Waals surface area contributed by atoms with E-state index in [9.17, 15) is 0 Å². The number of allylic oxidation sites excluding steroid dienone is 4. The molecule has 0 amide bonds. The lowest BCUT2D eigenvalue weighted by Crippen LogP contribution is -2.12. The lowest BCUT2D eigenvalue weighted by Gasteiger charge is -2.11. The molecule has 0 N–H and O–H groups in total. The molecule has 0 saturated carbocycles. The Morgan fingerprint density at radius 2 is 2.25 bits per heavy atom. The topological polar surface area (TPSA) is 3.24 Å². The van der Waals surface area contributed by atoms with Gasteiger partial charge in [0.05, 0.1) is 0 Å². The average Bonchev–Trinajstić information content (AvgIpc) is 2.05. The van der Waals surface area contributed by atoms with E-state index >= 15 is 0 Å². The summed E-state index contributed by atoms with van der Waals surface area (Å²) in [4.78, 5) is 2.25. The molecule has 12 heavy (non-hydrogen) atoms. The van der Waals surface area contributed by atoms with Crippen molar-refractivity contribution in [3.8, 4) is 0 Å². The third-order valence-corrected chi connectivity index (χ3v) is 2.20. The summed E-state index contributed by atoms with van der Waals surface area (Å²) in [6, 6.07) is 0. The van der Waals surface area contributed by atoms with E-state index in [4.69, 9.17) is 0 Å². The Morgan fingerprint density at radius 3 is 2.83 bits per heavy atom. The van der Waals surface area contributed by atoms with Gasteiger partial charge >= 0.3 is 0 Å². The third kappa shape index (κ3) is 3.72. The molecule has 1 nitrogen and oxygen atoms in total. The van der Waals surface area contributed by atoms with E-state index in [0.29, 0.717) is 0 Å². The highest BCUT2D eigenvalue weighted by atomic mass is 15.0. The minimum absolute atomic E-state index is 1.21. The van der Waals surface area contributed by atoms with Crippen LogP contribution in [0.4, 0.5) is 0 Å². The zero-order valence-electron chi connectivity index (χ0n) is 8.21. The van der Waals surface area contributed by atoms with Gasteiger partial charge in [-0.2, -0.15) is 0 Å². The van der Waals surface area contributed by atoms with Crippen molar-refractivity contribution >= 4 is 0 Å². The van der Waals surface area contributed by atoms with Crippen LogP contribution in [0.3, 0.4) is 0 Å². The van der Waals surface area contributed by atoms with Crippen molar-refractivity contribution < 1.29 is 0 Å².